The van der Waals surface area contributed by atoms with E-state index in [1.807, 2.05) is 25.1 Å². The quantitative estimate of drug-likeness (QED) is 0.871. The van der Waals surface area contributed by atoms with E-state index in [4.69, 9.17) is 21.1 Å². The Morgan fingerprint density at radius 1 is 1.16 bits per heavy atom. The first-order chi connectivity index (χ1) is 9.15. The molecule has 0 saturated carbocycles. The fraction of sp³-hybridized carbons (Fsp3) is 0.231. The van der Waals surface area contributed by atoms with Crippen LogP contribution in [0.15, 0.2) is 24.5 Å². The summed E-state index contributed by atoms with van der Waals surface area (Å²) >= 11 is 5.95. The topological polar surface area (TPSA) is 56.3 Å². The number of halogens is 1. The van der Waals surface area contributed by atoms with Gasteiger partial charge in [-0.1, -0.05) is 11.6 Å². The predicted octanol–water partition coefficient (Wildman–Crippen LogP) is 3.20. The summed E-state index contributed by atoms with van der Waals surface area (Å²) in [4.78, 5) is 8.00. The summed E-state index contributed by atoms with van der Waals surface area (Å²) in [6.45, 7) is 1.97. The van der Waals surface area contributed by atoms with Gasteiger partial charge < -0.3 is 14.8 Å². The lowest BCUT2D eigenvalue weighted by atomic mass is 10.2. The molecule has 5 nitrogen and oxygen atoms in total. The van der Waals surface area contributed by atoms with E-state index in [0.29, 0.717) is 11.6 Å². The van der Waals surface area contributed by atoms with Crippen molar-refractivity contribution < 1.29 is 9.47 Å². The van der Waals surface area contributed by atoms with E-state index in [1.165, 1.54) is 13.4 Å². The number of benzene rings is 1. The highest BCUT2D eigenvalue weighted by Gasteiger charge is 2.11. The third-order valence-electron chi connectivity index (χ3n) is 2.65. The fourth-order valence-electron chi connectivity index (χ4n) is 1.65. The number of ether oxygens (including phenoxy) is 2. The standard InChI is InChI=1S/C13H14ClN3O2/c1-8-6-9(18-2)4-5-10(8)17-13-11(19-3)12(14)15-7-16-13/h4-7H,1-3H3,(H,15,16,17). The predicted molar refractivity (Wildman–Crippen MR) is 74.6 cm³/mol. The summed E-state index contributed by atoms with van der Waals surface area (Å²) in [6, 6.07) is 5.70. The molecule has 0 radical (unpaired) electrons. The van der Waals surface area contributed by atoms with Crippen LogP contribution in [0.5, 0.6) is 11.5 Å². The summed E-state index contributed by atoms with van der Waals surface area (Å²) in [5.41, 5.74) is 1.92. The first-order valence-electron chi connectivity index (χ1n) is 5.62. The molecule has 0 unspecified atom stereocenters. The van der Waals surface area contributed by atoms with Crippen molar-refractivity contribution >= 4 is 23.1 Å². The van der Waals surface area contributed by atoms with Gasteiger partial charge in [-0.2, -0.15) is 0 Å². The molecule has 1 N–H and O–H groups in total. The van der Waals surface area contributed by atoms with E-state index in [9.17, 15) is 0 Å². The average Bonchev–Trinajstić information content (AvgIpc) is 2.41. The number of hydrogen-bond acceptors (Lipinski definition) is 5. The Labute approximate surface area is 116 Å². The lowest BCUT2D eigenvalue weighted by molar-refractivity contribution is 0.413. The highest BCUT2D eigenvalue weighted by atomic mass is 35.5. The molecule has 1 aromatic heterocycles. The lowest BCUT2D eigenvalue weighted by Crippen LogP contribution is -2.00. The maximum atomic E-state index is 5.95. The van der Waals surface area contributed by atoms with Crippen LogP contribution >= 0.6 is 11.6 Å². The van der Waals surface area contributed by atoms with E-state index in [-0.39, 0.29) is 5.15 Å². The molecule has 0 aliphatic carbocycles. The first kappa shape index (κ1) is 13.4. The van der Waals surface area contributed by atoms with Crippen LogP contribution in [0, 0.1) is 6.92 Å². The van der Waals surface area contributed by atoms with Gasteiger partial charge in [-0.3, -0.25) is 0 Å². The Bertz CT molecular complexity index is 590. The van der Waals surface area contributed by atoms with Gasteiger partial charge in [-0.05, 0) is 30.7 Å². The van der Waals surface area contributed by atoms with Crippen LogP contribution in [0.3, 0.4) is 0 Å². The molecule has 2 aromatic rings. The minimum Gasteiger partial charge on any atom is -0.497 e. The van der Waals surface area contributed by atoms with Gasteiger partial charge in [0.2, 0.25) is 0 Å². The van der Waals surface area contributed by atoms with Crippen molar-refractivity contribution in [3.8, 4) is 11.5 Å². The van der Waals surface area contributed by atoms with E-state index >= 15 is 0 Å². The molecule has 0 saturated heterocycles. The van der Waals surface area contributed by atoms with Crippen molar-refractivity contribution in [2.45, 2.75) is 6.92 Å². The van der Waals surface area contributed by atoms with Crippen LogP contribution in [0.25, 0.3) is 0 Å². The molecule has 0 atom stereocenters. The third kappa shape index (κ3) is 2.88. The fourth-order valence-corrected chi connectivity index (χ4v) is 1.86. The molecule has 0 aliphatic heterocycles. The Balaban J connectivity index is 2.34. The SMILES string of the molecule is COc1ccc(Nc2ncnc(Cl)c2OC)c(C)c1. The van der Waals surface area contributed by atoms with E-state index in [0.717, 1.165) is 17.0 Å². The second kappa shape index (κ2) is 5.75. The summed E-state index contributed by atoms with van der Waals surface area (Å²) in [6.07, 6.45) is 1.38. The molecule has 1 aromatic carbocycles. The molecule has 100 valence electrons. The molecule has 0 bridgehead atoms. The van der Waals surface area contributed by atoms with Gasteiger partial charge in [0.05, 0.1) is 14.2 Å². The molecule has 0 fully saturated rings. The van der Waals surface area contributed by atoms with E-state index < -0.39 is 0 Å². The zero-order valence-electron chi connectivity index (χ0n) is 10.9. The van der Waals surface area contributed by atoms with E-state index in [2.05, 4.69) is 15.3 Å². The van der Waals surface area contributed by atoms with Crippen molar-refractivity contribution in [2.24, 2.45) is 0 Å². The molecule has 0 spiro atoms. The number of nitrogens with one attached hydrogen (secondary N) is 1. The molecule has 0 amide bonds. The minimum atomic E-state index is 0.270. The largest absolute Gasteiger partial charge is 0.497 e. The number of aryl methyl sites for hydroxylation is 1. The number of aromatic nitrogens is 2. The summed E-state index contributed by atoms with van der Waals surface area (Å²) in [7, 11) is 3.16. The van der Waals surface area contributed by atoms with Crippen LogP contribution in [0.4, 0.5) is 11.5 Å². The normalized spacial score (nSPS) is 10.1. The lowest BCUT2D eigenvalue weighted by Gasteiger charge is -2.13. The van der Waals surface area contributed by atoms with Crippen molar-refractivity contribution in [1.29, 1.82) is 0 Å². The molecule has 2 rings (SSSR count). The zero-order valence-corrected chi connectivity index (χ0v) is 11.7. The number of hydrogen-bond donors (Lipinski definition) is 1. The zero-order chi connectivity index (χ0) is 13.8. The molecular formula is C13H14ClN3O2. The van der Waals surface area contributed by atoms with Crippen molar-refractivity contribution in [2.75, 3.05) is 19.5 Å². The Kier molecular flexibility index (Phi) is 4.06. The number of anilines is 2. The van der Waals surface area contributed by atoms with Crippen molar-refractivity contribution in [3.63, 3.8) is 0 Å². The summed E-state index contributed by atoms with van der Waals surface area (Å²) in [5, 5.41) is 3.44. The van der Waals surface area contributed by atoms with Crippen LogP contribution in [0.1, 0.15) is 5.56 Å². The van der Waals surface area contributed by atoms with Crippen LogP contribution in [0.2, 0.25) is 5.15 Å². The molecule has 6 heteroatoms. The third-order valence-corrected chi connectivity index (χ3v) is 2.92. The Morgan fingerprint density at radius 2 is 1.95 bits per heavy atom. The summed E-state index contributed by atoms with van der Waals surface area (Å²) < 4.78 is 10.4. The number of nitrogens with zero attached hydrogens (tertiary/aromatic N) is 2. The minimum absolute atomic E-state index is 0.270. The van der Waals surface area contributed by atoms with Crippen LogP contribution < -0.4 is 14.8 Å². The van der Waals surface area contributed by atoms with Crippen LogP contribution in [-0.2, 0) is 0 Å². The summed E-state index contributed by atoms with van der Waals surface area (Å²) in [5.74, 6) is 1.74. The Morgan fingerprint density at radius 3 is 2.58 bits per heavy atom. The van der Waals surface area contributed by atoms with Crippen molar-refractivity contribution in [1.82, 2.24) is 9.97 Å². The average molecular weight is 280 g/mol. The first-order valence-corrected chi connectivity index (χ1v) is 5.99. The van der Waals surface area contributed by atoms with Gasteiger partial charge in [-0.25, -0.2) is 9.97 Å². The Hall–Kier alpha value is -2.01. The highest BCUT2D eigenvalue weighted by molar-refractivity contribution is 6.31. The molecule has 19 heavy (non-hydrogen) atoms. The van der Waals surface area contributed by atoms with Gasteiger partial charge in [-0.15, -0.1) is 0 Å². The van der Waals surface area contributed by atoms with Gasteiger partial charge >= 0.3 is 0 Å². The van der Waals surface area contributed by atoms with Crippen LogP contribution in [-0.4, -0.2) is 24.2 Å². The second-order valence-electron chi connectivity index (χ2n) is 3.85. The van der Waals surface area contributed by atoms with Gasteiger partial charge in [0.25, 0.3) is 0 Å². The maximum absolute atomic E-state index is 5.95. The van der Waals surface area contributed by atoms with Gasteiger partial charge in [0.15, 0.2) is 16.7 Å². The highest BCUT2D eigenvalue weighted by Crippen LogP contribution is 2.32. The molecular weight excluding hydrogens is 266 g/mol. The molecule has 1 heterocycles. The smallest absolute Gasteiger partial charge is 0.199 e. The van der Waals surface area contributed by atoms with Crippen molar-refractivity contribution in [3.05, 3.63) is 35.2 Å². The second-order valence-corrected chi connectivity index (χ2v) is 4.21. The van der Waals surface area contributed by atoms with Gasteiger partial charge in [0.1, 0.15) is 12.1 Å². The van der Waals surface area contributed by atoms with Gasteiger partial charge in [0, 0.05) is 5.69 Å². The molecule has 0 aliphatic rings. The maximum Gasteiger partial charge on any atom is 0.199 e. The number of rotatable bonds is 4. The van der Waals surface area contributed by atoms with E-state index in [1.54, 1.807) is 7.11 Å². The monoisotopic (exact) mass is 279 g/mol. The number of methoxy groups -OCH3 is 2.